The average molecular weight is 511 g/mol. The summed E-state index contributed by atoms with van der Waals surface area (Å²) in [6.07, 6.45) is 8.47. The molecule has 4 nitrogen and oxygen atoms in total. The summed E-state index contributed by atoms with van der Waals surface area (Å²) in [5.41, 5.74) is 1.64. The maximum absolute atomic E-state index is 12.7. The van der Waals surface area contributed by atoms with E-state index in [0.29, 0.717) is 11.3 Å². The first-order valence-electron chi connectivity index (χ1n) is 12.8. The predicted octanol–water partition coefficient (Wildman–Crippen LogP) is 8.37. The van der Waals surface area contributed by atoms with Crippen molar-refractivity contribution in [2.24, 2.45) is 0 Å². The van der Waals surface area contributed by atoms with Gasteiger partial charge in [-0.05, 0) is 120 Å². The molecule has 0 radical (unpaired) electrons. The summed E-state index contributed by atoms with van der Waals surface area (Å²) in [7, 11) is 0. The Hall–Kier alpha value is -2.53. The van der Waals surface area contributed by atoms with Crippen LogP contribution in [0.15, 0.2) is 47.4 Å². The van der Waals surface area contributed by atoms with E-state index in [1.165, 1.54) is 30.6 Å². The SMILES string of the molecule is CCCCCCSc1ccc(C(=O)/C=C/c2cc(C)c(OC(C)(C)C(=O)OC(C)(C)C)c(C)c2)cc1. The normalized spacial score (nSPS) is 12.1. The van der Waals surface area contributed by atoms with Gasteiger partial charge in [0.1, 0.15) is 11.4 Å². The third-order valence-electron chi connectivity index (χ3n) is 5.56. The molecule has 0 aromatic heterocycles. The highest BCUT2D eigenvalue weighted by Crippen LogP contribution is 2.30. The summed E-state index contributed by atoms with van der Waals surface area (Å²) in [6, 6.07) is 11.8. The summed E-state index contributed by atoms with van der Waals surface area (Å²) in [5, 5.41) is 0. The predicted molar refractivity (Wildman–Crippen MR) is 151 cm³/mol. The van der Waals surface area contributed by atoms with E-state index in [1.54, 1.807) is 19.9 Å². The second-order valence-corrected chi connectivity index (χ2v) is 11.9. The smallest absolute Gasteiger partial charge is 0.350 e. The number of ketones is 1. The standard InChI is InChI=1S/C31H42O4S/c1-9-10-11-12-19-36-26-16-14-25(15-17-26)27(32)18-13-24-20-22(2)28(23(3)21-24)34-31(7,8)29(33)35-30(4,5)6/h13-18,20-21H,9-12,19H2,1-8H3/b18-13+. The second kappa shape index (κ2) is 13.1. The van der Waals surface area contributed by atoms with Crippen LogP contribution in [0, 0.1) is 13.8 Å². The Morgan fingerprint density at radius 3 is 2.08 bits per heavy atom. The van der Waals surface area contributed by atoms with Crippen molar-refractivity contribution in [3.63, 3.8) is 0 Å². The van der Waals surface area contributed by atoms with Crippen LogP contribution in [0.5, 0.6) is 5.75 Å². The number of carbonyl (C=O) groups is 2. The number of aryl methyl sites for hydroxylation is 2. The second-order valence-electron chi connectivity index (χ2n) is 10.7. The first-order chi connectivity index (χ1) is 16.8. The Kier molecular flexibility index (Phi) is 10.8. The summed E-state index contributed by atoms with van der Waals surface area (Å²) in [6.45, 7) is 15.0. The first-order valence-corrected chi connectivity index (χ1v) is 13.8. The van der Waals surface area contributed by atoms with Crippen molar-refractivity contribution in [2.75, 3.05) is 5.75 Å². The third-order valence-corrected chi connectivity index (χ3v) is 6.66. The zero-order chi connectivity index (χ0) is 26.9. The van der Waals surface area contributed by atoms with Gasteiger partial charge in [-0.15, -0.1) is 11.8 Å². The van der Waals surface area contributed by atoms with Crippen molar-refractivity contribution in [3.05, 3.63) is 64.7 Å². The summed E-state index contributed by atoms with van der Waals surface area (Å²) in [4.78, 5) is 26.5. The molecule has 0 atom stereocenters. The molecule has 0 aliphatic heterocycles. The molecule has 0 amide bonds. The zero-order valence-electron chi connectivity index (χ0n) is 23.2. The summed E-state index contributed by atoms with van der Waals surface area (Å²) < 4.78 is 11.6. The third kappa shape index (κ3) is 9.50. The molecule has 5 heteroatoms. The lowest BCUT2D eigenvalue weighted by Gasteiger charge is -2.30. The molecule has 0 saturated heterocycles. The molecule has 0 aliphatic rings. The Bertz CT molecular complexity index is 1040. The lowest BCUT2D eigenvalue weighted by Crippen LogP contribution is -2.43. The van der Waals surface area contributed by atoms with E-state index in [1.807, 2.05) is 88.9 Å². The largest absolute Gasteiger partial charge is 0.476 e. The minimum Gasteiger partial charge on any atom is -0.476 e. The molecular weight excluding hydrogens is 468 g/mol. The zero-order valence-corrected chi connectivity index (χ0v) is 24.0. The fourth-order valence-electron chi connectivity index (χ4n) is 3.64. The molecule has 0 unspecified atom stereocenters. The van der Waals surface area contributed by atoms with Crippen molar-refractivity contribution in [1.82, 2.24) is 0 Å². The minimum atomic E-state index is -1.13. The van der Waals surface area contributed by atoms with Crippen LogP contribution in [-0.4, -0.2) is 28.7 Å². The van der Waals surface area contributed by atoms with Crippen LogP contribution in [0.25, 0.3) is 6.08 Å². The Balaban J connectivity index is 2.04. The van der Waals surface area contributed by atoms with E-state index < -0.39 is 17.2 Å². The van der Waals surface area contributed by atoms with Gasteiger partial charge < -0.3 is 9.47 Å². The van der Waals surface area contributed by atoms with Crippen LogP contribution in [0.4, 0.5) is 0 Å². The molecule has 0 heterocycles. The molecule has 2 aromatic rings. The van der Waals surface area contributed by atoms with Crippen LogP contribution in [0.3, 0.4) is 0 Å². The molecule has 0 aliphatic carbocycles. The molecule has 0 fully saturated rings. The summed E-state index contributed by atoms with van der Waals surface area (Å²) in [5.74, 6) is 1.32. The first kappa shape index (κ1) is 29.7. The topological polar surface area (TPSA) is 52.6 Å². The molecule has 36 heavy (non-hydrogen) atoms. The van der Waals surface area contributed by atoms with E-state index >= 15 is 0 Å². The number of ether oxygens (including phenoxy) is 2. The van der Waals surface area contributed by atoms with Gasteiger partial charge in [0, 0.05) is 10.5 Å². The fraction of sp³-hybridized carbons (Fsp3) is 0.484. The van der Waals surface area contributed by atoms with Gasteiger partial charge in [-0.3, -0.25) is 4.79 Å². The quantitative estimate of drug-likeness (QED) is 0.0944. The lowest BCUT2D eigenvalue weighted by atomic mass is 10.0. The number of carbonyl (C=O) groups excluding carboxylic acids is 2. The molecule has 0 spiro atoms. The van der Waals surface area contributed by atoms with Gasteiger partial charge in [0.2, 0.25) is 0 Å². The molecule has 2 rings (SSSR count). The molecule has 0 bridgehead atoms. The fourth-order valence-corrected chi connectivity index (χ4v) is 4.55. The maximum Gasteiger partial charge on any atom is 0.350 e. The van der Waals surface area contributed by atoms with Gasteiger partial charge in [0.25, 0.3) is 0 Å². The van der Waals surface area contributed by atoms with Crippen LogP contribution in [0.1, 0.15) is 94.3 Å². The van der Waals surface area contributed by atoms with E-state index in [4.69, 9.17) is 9.47 Å². The molecule has 0 saturated carbocycles. The number of benzene rings is 2. The van der Waals surface area contributed by atoms with E-state index in [0.717, 1.165) is 22.4 Å². The van der Waals surface area contributed by atoms with Crippen molar-refractivity contribution in [1.29, 1.82) is 0 Å². The van der Waals surface area contributed by atoms with Gasteiger partial charge in [-0.1, -0.05) is 32.3 Å². The number of esters is 1. The highest BCUT2D eigenvalue weighted by Gasteiger charge is 2.35. The number of thioether (sulfide) groups is 1. The number of rotatable bonds is 12. The number of hydrogen-bond acceptors (Lipinski definition) is 5. The van der Waals surface area contributed by atoms with Gasteiger partial charge in [-0.2, -0.15) is 0 Å². The van der Waals surface area contributed by atoms with E-state index in [-0.39, 0.29) is 5.78 Å². The highest BCUT2D eigenvalue weighted by atomic mass is 32.2. The van der Waals surface area contributed by atoms with Crippen LogP contribution in [0.2, 0.25) is 0 Å². The van der Waals surface area contributed by atoms with Gasteiger partial charge in [0.15, 0.2) is 11.4 Å². The van der Waals surface area contributed by atoms with Gasteiger partial charge in [-0.25, -0.2) is 4.79 Å². The Labute approximate surface area is 221 Å². The van der Waals surface area contributed by atoms with Gasteiger partial charge >= 0.3 is 5.97 Å². The molecule has 196 valence electrons. The lowest BCUT2D eigenvalue weighted by molar-refractivity contribution is -0.171. The van der Waals surface area contributed by atoms with Crippen molar-refractivity contribution < 1.29 is 19.1 Å². The van der Waals surface area contributed by atoms with Crippen LogP contribution in [-0.2, 0) is 9.53 Å². The van der Waals surface area contributed by atoms with Crippen LogP contribution >= 0.6 is 11.8 Å². The Morgan fingerprint density at radius 1 is 0.917 bits per heavy atom. The van der Waals surface area contributed by atoms with E-state index in [9.17, 15) is 9.59 Å². The van der Waals surface area contributed by atoms with Gasteiger partial charge in [0.05, 0.1) is 0 Å². The Morgan fingerprint density at radius 2 is 1.53 bits per heavy atom. The minimum absolute atomic E-state index is 0.0313. The van der Waals surface area contributed by atoms with Crippen molar-refractivity contribution >= 4 is 29.6 Å². The number of allylic oxidation sites excluding steroid dienone is 1. The van der Waals surface area contributed by atoms with Crippen molar-refractivity contribution in [2.45, 2.75) is 97.2 Å². The number of hydrogen-bond donors (Lipinski definition) is 0. The highest BCUT2D eigenvalue weighted by molar-refractivity contribution is 7.99. The van der Waals surface area contributed by atoms with E-state index in [2.05, 4.69) is 6.92 Å². The number of unbranched alkanes of at least 4 members (excludes halogenated alkanes) is 3. The monoisotopic (exact) mass is 510 g/mol. The molecule has 0 N–H and O–H groups in total. The van der Waals surface area contributed by atoms with Crippen LogP contribution < -0.4 is 4.74 Å². The average Bonchev–Trinajstić information content (AvgIpc) is 2.79. The summed E-state index contributed by atoms with van der Waals surface area (Å²) >= 11 is 1.84. The molecular formula is C31H42O4S. The van der Waals surface area contributed by atoms with Crippen molar-refractivity contribution in [3.8, 4) is 5.75 Å². The maximum atomic E-state index is 12.7. The molecule has 2 aromatic carbocycles.